The van der Waals surface area contributed by atoms with Crippen molar-refractivity contribution >= 4 is 11.6 Å². The molecule has 0 spiro atoms. The van der Waals surface area contributed by atoms with Crippen molar-refractivity contribution in [3.8, 4) is 0 Å². The van der Waals surface area contributed by atoms with E-state index in [1.807, 2.05) is 0 Å². The van der Waals surface area contributed by atoms with Gasteiger partial charge in [-0.2, -0.15) is 0 Å². The van der Waals surface area contributed by atoms with Gasteiger partial charge >= 0.3 is 5.69 Å². The fourth-order valence-corrected chi connectivity index (χ4v) is 1.08. The topological polar surface area (TPSA) is 55.1 Å². The minimum atomic E-state index is -0.613. The largest absolute Gasteiger partial charge is 0.391 e. The molecule has 0 aliphatic carbocycles. The van der Waals surface area contributed by atoms with Gasteiger partial charge in [-0.3, -0.25) is 4.57 Å². The summed E-state index contributed by atoms with van der Waals surface area (Å²) < 4.78 is 1.31. The highest BCUT2D eigenvalue weighted by molar-refractivity contribution is 6.30. The van der Waals surface area contributed by atoms with Crippen LogP contribution in [0.4, 0.5) is 0 Å². The first-order valence-electron chi connectivity index (χ1n) is 3.94. The summed E-state index contributed by atoms with van der Waals surface area (Å²) in [5.41, 5.74) is -0.405. The van der Waals surface area contributed by atoms with Crippen molar-refractivity contribution < 1.29 is 5.11 Å². The zero-order chi connectivity index (χ0) is 10.0. The quantitative estimate of drug-likeness (QED) is 0.773. The molecule has 1 N–H and O–H groups in total. The third-order valence-electron chi connectivity index (χ3n) is 1.92. The first-order chi connectivity index (χ1) is 6.02. The van der Waals surface area contributed by atoms with Crippen molar-refractivity contribution in [2.45, 2.75) is 26.0 Å². The fraction of sp³-hybridized carbons (Fsp3) is 0.500. The normalized spacial score (nSPS) is 15.4. The predicted octanol–water partition coefficient (Wildman–Crippen LogP) is 0.839. The van der Waals surface area contributed by atoms with Gasteiger partial charge in [0.15, 0.2) is 0 Å². The van der Waals surface area contributed by atoms with Crippen LogP contribution < -0.4 is 5.69 Å². The molecule has 1 aromatic heterocycles. The van der Waals surface area contributed by atoms with Crippen molar-refractivity contribution in [3.63, 3.8) is 0 Å². The van der Waals surface area contributed by atoms with Crippen molar-refractivity contribution in [1.82, 2.24) is 9.55 Å². The molecule has 0 saturated carbocycles. The number of nitrogens with zero attached hydrogens (tertiary/aromatic N) is 2. The van der Waals surface area contributed by atoms with Gasteiger partial charge in [-0.25, -0.2) is 9.78 Å². The minimum Gasteiger partial charge on any atom is -0.391 e. The lowest BCUT2D eigenvalue weighted by molar-refractivity contribution is 0.136. The van der Waals surface area contributed by atoms with Crippen molar-refractivity contribution in [3.05, 3.63) is 27.9 Å². The van der Waals surface area contributed by atoms with E-state index in [2.05, 4.69) is 4.98 Å². The molecule has 0 fully saturated rings. The summed E-state index contributed by atoms with van der Waals surface area (Å²) in [5, 5.41) is 9.64. The maximum Gasteiger partial charge on any atom is 0.347 e. The molecule has 5 heteroatoms. The lowest BCUT2D eigenvalue weighted by Crippen LogP contribution is -2.30. The van der Waals surface area contributed by atoms with Crippen LogP contribution in [0.2, 0.25) is 5.02 Å². The van der Waals surface area contributed by atoms with Gasteiger partial charge in [0.05, 0.1) is 23.4 Å². The highest BCUT2D eigenvalue weighted by Gasteiger charge is 2.12. The zero-order valence-corrected chi connectivity index (χ0v) is 8.19. The second kappa shape index (κ2) is 3.89. The number of halogens is 1. The van der Waals surface area contributed by atoms with Gasteiger partial charge in [-0.1, -0.05) is 11.6 Å². The van der Waals surface area contributed by atoms with E-state index in [4.69, 9.17) is 11.6 Å². The second-order valence-corrected chi connectivity index (χ2v) is 3.38. The molecule has 0 aliphatic rings. The first-order valence-corrected chi connectivity index (χ1v) is 4.32. The number of hydrogen-bond donors (Lipinski definition) is 1. The maximum absolute atomic E-state index is 11.2. The van der Waals surface area contributed by atoms with Crippen molar-refractivity contribution in [1.29, 1.82) is 0 Å². The van der Waals surface area contributed by atoms with E-state index in [0.717, 1.165) is 0 Å². The molecular formula is C8H11ClN2O2. The summed E-state index contributed by atoms with van der Waals surface area (Å²) in [7, 11) is 0. The van der Waals surface area contributed by atoms with Crippen LogP contribution in [0.1, 0.15) is 19.9 Å². The van der Waals surface area contributed by atoms with E-state index in [0.29, 0.717) is 5.02 Å². The Morgan fingerprint density at radius 2 is 2.23 bits per heavy atom. The molecule has 4 nitrogen and oxygen atoms in total. The third kappa shape index (κ3) is 2.29. The van der Waals surface area contributed by atoms with Crippen LogP contribution in [-0.4, -0.2) is 20.8 Å². The Bertz CT molecular complexity index is 348. The van der Waals surface area contributed by atoms with Gasteiger partial charge in [-0.05, 0) is 13.8 Å². The van der Waals surface area contributed by atoms with Crippen LogP contribution >= 0.6 is 11.6 Å². The van der Waals surface area contributed by atoms with Gasteiger partial charge in [0.1, 0.15) is 0 Å². The van der Waals surface area contributed by atoms with Gasteiger partial charge in [0.25, 0.3) is 0 Å². The second-order valence-electron chi connectivity index (χ2n) is 2.94. The summed E-state index contributed by atoms with van der Waals surface area (Å²) in [6, 6.07) is -0.321. The summed E-state index contributed by atoms with van der Waals surface area (Å²) >= 11 is 5.66. The number of aliphatic hydroxyl groups excluding tert-OH is 1. The minimum absolute atomic E-state index is 0.321. The maximum atomic E-state index is 11.2. The predicted molar refractivity (Wildman–Crippen MR) is 49.9 cm³/mol. The highest BCUT2D eigenvalue weighted by Crippen LogP contribution is 2.10. The molecule has 0 aromatic carbocycles. The Hall–Kier alpha value is -0.870. The summed E-state index contributed by atoms with van der Waals surface area (Å²) in [4.78, 5) is 14.7. The molecule has 1 heterocycles. The molecule has 0 amide bonds. The Morgan fingerprint density at radius 1 is 1.62 bits per heavy atom. The zero-order valence-electron chi connectivity index (χ0n) is 7.44. The Kier molecular flexibility index (Phi) is 3.06. The van der Waals surface area contributed by atoms with E-state index < -0.39 is 11.8 Å². The smallest absolute Gasteiger partial charge is 0.347 e. The number of hydrogen-bond acceptors (Lipinski definition) is 3. The van der Waals surface area contributed by atoms with Gasteiger partial charge in [-0.15, -0.1) is 0 Å². The van der Waals surface area contributed by atoms with Crippen LogP contribution in [0, 0.1) is 0 Å². The monoisotopic (exact) mass is 202 g/mol. The van der Waals surface area contributed by atoms with Gasteiger partial charge in [0.2, 0.25) is 0 Å². The van der Waals surface area contributed by atoms with E-state index in [9.17, 15) is 9.90 Å². The first kappa shape index (κ1) is 10.2. The highest BCUT2D eigenvalue weighted by atomic mass is 35.5. The van der Waals surface area contributed by atoms with Crippen molar-refractivity contribution in [2.75, 3.05) is 0 Å². The lowest BCUT2D eigenvalue weighted by atomic mass is 10.2. The molecule has 0 saturated heterocycles. The van der Waals surface area contributed by atoms with E-state index in [1.165, 1.54) is 17.0 Å². The molecule has 0 bridgehead atoms. The molecule has 1 aromatic rings. The fourth-order valence-electron chi connectivity index (χ4n) is 0.929. The van der Waals surface area contributed by atoms with E-state index in [1.54, 1.807) is 13.8 Å². The molecule has 2 atom stereocenters. The van der Waals surface area contributed by atoms with Crippen LogP contribution in [0.25, 0.3) is 0 Å². The Balaban J connectivity index is 3.13. The lowest BCUT2D eigenvalue weighted by Gasteiger charge is -2.16. The molecule has 13 heavy (non-hydrogen) atoms. The standard InChI is InChI=1S/C8H11ClN2O2/c1-5(6(2)12)11-4-7(9)3-10-8(11)13/h3-6,12H,1-2H3. The molecule has 1 rings (SSSR count). The summed E-state index contributed by atoms with van der Waals surface area (Å²) in [5.74, 6) is 0. The molecule has 72 valence electrons. The average Bonchev–Trinajstić information content (AvgIpc) is 2.08. The van der Waals surface area contributed by atoms with E-state index in [-0.39, 0.29) is 6.04 Å². The Morgan fingerprint density at radius 3 is 2.77 bits per heavy atom. The number of rotatable bonds is 2. The van der Waals surface area contributed by atoms with Gasteiger partial charge in [0, 0.05) is 6.20 Å². The van der Waals surface area contributed by atoms with E-state index >= 15 is 0 Å². The molecular weight excluding hydrogens is 192 g/mol. The van der Waals surface area contributed by atoms with Crippen LogP contribution in [0.3, 0.4) is 0 Å². The van der Waals surface area contributed by atoms with Crippen molar-refractivity contribution in [2.24, 2.45) is 0 Å². The van der Waals surface area contributed by atoms with Gasteiger partial charge < -0.3 is 5.11 Å². The molecule has 2 unspecified atom stereocenters. The van der Waals surface area contributed by atoms with Crippen LogP contribution in [0.5, 0.6) is 0 Å². The summed E-state index contributed by atoms with van der Waals surface area (Å²) in [6.07, 6.45) is 2.14. The molecule has 0 aliphatic heterocycles. The average molecular weight is 203 g/mol. The number of aliphatic hydroxyl groups is 1. The summed E-state index contributed by atoms with van der Waals surface area (Å²) in [6.45, 7) is 3.34. The number of aromatic nitrogens is 2. The third-order valence-corrected chi connectivity index (χ3v) is 2.11. The Labute approximate surface area is 80.8 Å². The SMILES string of the molecule is CC(O)C(C)n1cc(Cl)cnc1=O. The van der Waals surface area contributed by atoms with Crippen LogP contribution in [0.15, 0.2) is 17.2 Å². The molecule has 0 radical (unpaired) electrons. The van der Waals surface area contributed by atoms with Crippen LogP contribution in [-0.2, 0) is 0 Å².